The molecule has 1 atom stereocenters. The fraction of sp³-hybridized carbons (Fsp3) is 0.522. The molecule has 1 unspecified atom stereocenters. The van der Waals surface area contributed by atoms with Crippen LogP contribution in [-0.2, 0) is 14.8 Å². The van der Waals surface area contributed by atoms with E-state index in [9.17, 15) is 13.2 Å². The van der Waals surface area contributed by atoms with Crippen molar-refractivity contribution in [1.82, 2.24) is 14.3 Å². The average molecular weight is 458 g/mol. The number of aromatic nitrogens is 2. The van der Waals surface area contributed by atoms with Crippen LogP contribution in [0.15, 0.2) is 41.6 Å². The number of aryl methyl sites for hydroxylation is 1. The van der Waals surface area contributed by atoms with Gasteiger partial charge in [0.25, 0.3) is 0 Å². The normalized spacial score (nSPS) is 20.5. The van der Waals surface area contributed by atoms with Crippen LogP contribution in [0.1, 0.15) is 44.1 Å². The van der Waals surface area contributed by atoms with E-state index in [1.807, 2.05) is 4.90 Å². The van der Waals surface area contributed by atoms with Gasteiger partial charge in [0.1, 0.15) is 0 Å². The van der Waals surface area contributed by atoms with Gasteiger partial charge in [-0.3, -0.25) is 4.79 Å². The van der Waals surface area contributed by atoms with E-state index in [1.165, 1.54) is 0 Å². The molecule has 2 aromatic rings. The zero-order valence-corrected chi connectivity index (χ0v) is 19.4. The standard InChI is InChI=1S/C23H31N5O3S/c1-18-9-10-20(16-21(18)32(30,31)28-14-4-2-3-5-15-28)26-22(29)19-8-6-13-27(17-19)23-24-11-7-12-25-23/h7,9-12,16,19H,2-6,8,13-15,17H2,1H3,(H,26,29). The van der Waals surface area contributed by atoms with Crippen molar-refractivity contribution >= 4 is 27.6 Å². The molecule has 0 saturated carbocycles. The molecule has 1 N–H and O–H groups in total. The van der Waals surface area contributed by atoms with Gasteiger partial charge in [0.05, 0.1) is 10.8 Å². The maximum absolute atomic E-state index is 13.3. The summed E-state index contributed by atoms with van der Waals surface area (Å²) in [6.45, 7) is 4.27. The summed E-state index contributed by atoms with van der Waals surface area (Å²) >= 11 is 0. The molecule has 2 aliphatic heterocycles. The zero-order chi connectivity index (χ0) is 22.6. The molecule has 4 rings (SSSR count). The summed E-state index contributed by atoms with van der Waals surface area (Å²) in [5.74, 6) is 0.318. The fourth-order valence-electron chi connectivity index (χ4n) is 4.45. The first kappa shape index (κ1) is 22.7. The average Bonchev–Trinajstić information content (AvgIpc) is 3.11. The highest BCUT2D eigenvalue weighted by Crippen LogP contribution is 2.27. The number of amides is 1. The molecule has 1 amide bonds. The van der Waals surface area contributed by atoms with Gasteiger partial charge in [0.15, 0.2) is 0 Å². The Bertz CT molecular complexity index is 1040. The molecule has 1 aromatic heterocycles. The predicted molar refractivity (Wildman–Crippen MR) is 124 cm³/mol. The summed E-state index contributed by atoms with van der Waals surface area (Å²) < 4.78 is 28.2. The van der Waals surface area contributed by atoms with Gasteiger partial charge in [0.2, 0.25) is 21.9 Å². The Hall–Kier alpha value is -2.52. The quantitative estimate of drug-likeness (QED) is 0.741. The van der Waals surface area contributed by atoms with Crippen LogP contribution in [0.4, 0.5) is 11.6 Å². The molecule has 9 heteroatoms. The second-order valence-electron chi connectivity index (χ2n) is 8.62. The van der Waals surface area contributed by atoms with Crippen molar-refractivity contribution in [3.05, 3.63) is 42.2 Å². The van der Waals surface area contributed by atoms with Crippen molar-refractivity contribution in [3.63, 3.8) is 0 Å². The molecule has 0 bridgehead atoms. The Morgan fingerprint density at radius 3 is 2.47 bits per heavy atom. The second-order valence-corrected chi connectivity index (χ2v) is 10.5. The maximum atomic E-state index is 13.3. The molecule has 8 nitrogen and oxygen atoms in total. The van der Waals surface area contributed by atoms with E-state index in [2.05, 4.69) is 15.3 Å². The molecule has 3 heterocycles. The van der Waals surface area contributed by atoms with Gasteiger partial charge < -0.3 is 10.2 Å². The van der Waals surface area contributed by atoms with Gasteiger partial charge in [0, 0.05) is 44.3 Å². The van der Waals surface area contributed by atoms with Gasteiger partial charge in [-0.2, -0.15) is 4.31 Å². The van der Waals surface area contributed by atoms with Crippen molar-refractivity contribution in [1.29, 1.82) is 0 Å². The molecule has 1 aromatic carbocycles. The number of anilines is 2. The van der Waals surface area contributed by atoms with Crippen molar-refractivity contribution in [2.45, 2.75) is 50.3 Å². The molecular formula is C23H31N5O3S. The molecule has 2 fully saturated rings. The first-order valence-electron chi connectivity index (χ1n) is 11.4. The lowest BCUT2D eigenvalue weighted by atomic mass is 9.97. The highest BCUT2D eigenvalue weighted by atomic mass is 32.2. The lowest BCUT2D eigenvalue weighted by molar-refractivity contribution is -0.120. The SMILES string of the molecule is Cc1ccc(NC(=O)C2CCCN(c3ncccn3)C2)cc1S(=O)(=O)N1CCCCCC1. The van der Waals surface area contributed by atoms with Gasteiger partial charge in [-0.15, -0.1) is 0 Å². The number of nitrogens with one attached hydrogen (secondary N) is 1. The second kappa shape index (κ2) is 9.95. The Morgan fingerprint density at radius 2 is 1.75 bits per heavy atom. The minimum absolute atomic E-state index is 0.104. The molecule has 2 saturated heterocycles. The molecule has 0 aliphatic carbocycles. The fourth-order valence-corrected chi connectivity index (χ4v) is 6.22. The van der Waals surface area contributed by atoms with E-state index in [1.54, 1.807) is 47.9 Å². The third-order valence-electron chi connectivity index (χ3n) is 6.27. The molecular weight excluding hydrogens is 426 g/mol. The number of rotatable bonds is 5. The molecule has 0 radical (unpaired) electrons. The number of piperidine rings is 1. The smallest absolute Gasteiger partial charge is 0.243 e. The van der Waals surface area contributed by atoms with Crippen LogP contribution >= 0.6 is 0 Å². The van der Waals surface area contributed by atoms with E-state index in [0.29, 0.717) is 36.8 Å². The van der Waals surface area contributed by atoms with Crippen LogP contribution in [-0.4, -0.2) is 54.8 Å². The Kier molecular flexibility index (Phi) is 7.05. The summed E-state index contributed by atoms with van der Waals surface area (Å²) in [4.78, 5) is 23.9. The molecule has 32 heavy (non-hydrogen) atoms. The van der Waals surface area contributed by atoms with Crippen molar-refractivity contribution < 1.29 is 13.2 Å². The molecule has 172 valence electrons. The van der Waals surface area contributed by atoms with Crippen LogP contribution in [0.3, 0.4) is 0 Å². The predicted octanol–water partition coefficient (Wildman–Crippen LogP) is 3.20. The third kappa shape index (κ3) is 5.10. The van der Waals surface area contributed by atoms with Crippen LogP contribution < -0.4 is 10.2 Å². The Balaban J connectivity index is 1.48. The highest BCUT2D eigenvalue weighted by Gasteiger charge is 2.29. The lowest BCUT2D eigenvalue weighted by Crippen LogP contribution is -2.41. The summed E-state index contributed by atoms with van der Waals surface area (Å²) in [7, 11) is -3.59. The number of sulfonamides is 1. The maximum Gasteiger partial charge on any atom is 0.243 e. The van der Waals surface area contributed by atoms with E-state index in [-0.39, 0.29) is 16.7 Å². The minimum Gasteiger partial charge on any atom is -0.340 e. The number of nitrogens with zero attached hydrogens (tertiary/aromatic N) is 4. The van der Waals surface area contributed by atoms with Gasteiger partial charge in [-0.25, -0.2) is 18.4 Å². The van der Waals surface area contributed by atoms with Gasteiger partial charge in [-0.05, 0) is 56.4 Å². The van der Waals surface area contributed by atoms with E-state index < -0.39 is 10.0 Å². The first-order valence-corrected chi connectivity index (χ1v) is 12.8. The number of carbonyl (C=O) groups excluding carboxylic acids is 1. The third-order valence-corrected chi connectivity index (χ3v) is 8.31. The van der Waals surface area contributed by atoms with Crippen LogP contribution in [0, 0.1) is 12.8 Å². The number of hydrogen-bond donors (Lipinski definition) is 1. The summed E-state index contributed by atoms with van der Waals surface area (Å²) in [5.41, 5.74) is 1.21. The van der Waals surface area contributed by atoms with Crippen LogP contribution in [0.2, 0.25) is 0 Å². The van der Waals surface area contributed by atoms with E-state index >= 15 is 0 Å². The Labute approximate surface area is 190 Å². The number of carbonyl (C=O) groups is 1. The largest absolute Gasteiger partial charge is 0.340 e. The summed E-state index contributed by atoms with van der Waals surface area (Å²) in [5, 5.41) is 2.95. The topological polar surface area (TPSA) is 95.5 Å². The highest BCUT2D eigenvalue weighted by molar-refractivity contribution is 7.89. The molecule has 0 spiro atoms. The van der Waals surface area contributed by atoms with Crippen LogP contribution in [0.5, 0.6) is 0 Å². The Morgan fingerprint density at radius 1 is 1.03 bits per heavy atom. The first-order chi connectivity index (χ1) is 15.4. The number of hydrogen-bond acceptors (Lipinski definition) is 6. The molecule has 2 aliphatic rings. The zero-order valence-electron chi connectivity index (χ0n) is 18.5. The minimum atomic E-state index is -3.59. The van der Waals surface area contributed by atoms with Gasteiger partial charge in [-0.1, -0.05) is 18.9 Å². The summed E-state index contributed by atoms with van der Waals surface area (Å²) in [6, 6.07) is 6.92. The van der Waals surface area contributed by atoms with Gasteiger partial charge >= 0.3 is 0 Å². The number of benzene rings is 1. The van der Waals surface area contributed by atoms with Crippen LogP contribution in [0.25, 0.3) is 0 Å². The van der Waals surface area contributed by atoms with E-state index in [4.69, 9.17) is 0 Å². The summed E-state index contributed by atoms with van der Waals surface area (Å²) in [6.07, 6.45) is 8.95. The lowest BCUT2D eigenvalue weighted by Gasteiger charge is -2.32. The monoisotopic (exact) mass is 457 g/mol. The van der Waals surface area contributed by atoms with Crippen molar-refractivity contribution in [3.8, 4) is 0 Å². The van der Waals surface area contributed by atoms with Crippen molar-refractivity contribution in [2.75, 3.05) is 36.4 Å². The van der Waals surface area contributed by atoms with E-state index in [0.717, 1.165) is 45.1 Å². The van der Waals surface area contributed by atoms with Crippen molar-refractivity contribution in [2.24, 2.45) is 5.92 Å².